The van der Waals surface area contributed by atoms with E-state index in [9.17, 15) is 0 Å². The molecule has 1 aromatic carbocycles. The van der Waals surface area contributed by atoms with Crippen molar-refractivity contribution in [3.05, 3.63) is 33.8 Å². The Balaban J connectivity index is 2.69. The highest BCUT2D eigenvalue weighted by atomic mass is 35.5. The highest BCUT2D eigenvalue weighted by Gasteiger charge is 2.01. The van der Waals surface area contributed by atoms with Crippen molar-refractivity contribution in [1.29, 1.82) is 0 Å². The average Bonchev–Trinajstić information content (AvgIpc) is 2.48. The first-order valence-corrected chi connectivity index (χ1v) is 3.88. The van der Waals surface area contributed by atoms with Gasteiger partial charge in [0.2, 0.25) is 0 Å². The monoisotopic (exact) mass is 193 g/mol. The molecule has 2 aromatic rings. The molecule has 0 saturated heterocycles. The van der Waals surface area contributed by atoms with Crippen LogP contribution in [0.25, 0.3) is 21.3 Å². The molecule has 0 fully saturated rings. The molecule has 0 unspecified atom stereocenters. The van der Waals surface area contributed by atoms with Gasteiger partial charge in [0.25, 0.3) is 0 Å². The number of H-pyrrole nitrogens is 1. The number of nitrogens with one attached hydrogen (secondary N) is 1. The van der Waals surface area contributed by atoms with Crippen LogP contribution in [0.4, 0.5) is 5.69 Å². The van der Waals surface area contributed by atoms with Crippen LogP contribution in [-0.4, -0.2) is 10.2 Å². The summed E-state index contributed by atoms with van der Waals surface area (Å²) in [4.78, 5) is 2.67. The van der Waals surface area contributed by atoms with Crippen molar-refractivity contribution in [2.24, 2.45) is 5.11 Å². The van der Waals surface area contributed by atoms with Crippen LogP contribution in [0, 0.1) is 0 Å². The lowest BCUT2D eigenvalue weighted by atomic mass is 10.2. The van der Waals surface area contributed by atoms with Gasteiger partial charge in [0.05, 0.1) is 5.52 Å². The Bertz CT molecular complexity index is 497. The molecular formula is C7H4ClN5. The molecule has 0 amide bonds. The van der Waals surface area contributed by atoms with Gasteiger partial charge in [-0.15, -0.1) is 0 Å². The molecule has 0 spiro atoms. The van der Waals surface area contributed by atoms with Crippen LogP contribution < -0.4 is 0 Å². The first-order valence-electron chi connectivity index (χ1n) is 3.50. The summed E-state index contributed by atoms with van der Waals surface area (Å²) in [6.07, 6.45) is 0. The molecule has 0 saturated carbocycles. The summed E-state index contributed by atoms with van der Waals surface area (Å²) in [6.45, 7) is 0. The maximum absolute atomic E-state index is 8.20. The Hall–Kier alpha value is -1.71. The van der Waals surface area contributed by atoms with Crippen molar-refractivity contribution in [2.75, 3.05) is 0 Å². The van der Waals surface area contributed by atoms with Crippen LogP contribution in [0.1, 0.15) is 0 Å². The number of halogens is 1. The first kappa shape index (κ1) is 7.91. The maximum atomic E-state index is 8.20. The fourth-order valence-electron chi connectivity index (χ4n) is 1.08. The summed E-state index contributed by atoms with van der Waals surface area (Å²) in [6, 6.07) is 5.10. The molecule has 0 bridgehead atoms. The number of nitrogens with zero attached hydrogens (tertiary/aromatic N) is 4. The summed E-state index contributed by atoms with van der Waals surface area (Å²) < 4.78 is 0. The van der Waals surface area contributed by atoms with Gasteiger partial charge in [0, 0.05) is 16.0 Å². The molecule has 1 N–H and O–H groups in total. The standard InChI is InChI=1S/C7H4ClN5/c8-7-5-2-1-4(10-13-9)3-6(5)11-12-7/h1-3H,(H,11,12). The lowest BCUT2D eigenvalue weighted by Gasteiger charge is -1.90. The topological polar surface area (TPSA) is 77.4 Å². The second-order valence-corrected chi connectivity index (χ2v) is 2.81. The number of aromatic amines is 1. The normalized spacial score (nSPS) is 9.92. The summed E-state index contributed by atoms with van der Waals surface area (Å²) in [7, 11) is 0. The smallest absolute Gasteiger partial charge is 0.132 e. The second kappa shape index (κ2) is 2.97. The van der Waals surface area contributed by atoms with Gasteiger partial charge < -0.3 is 0 Å². The summed E-state index contributed by atoms with van der Waals surface area (Å²) in [5.41, 5.74) is 9.42. The van der Waals surface area contributed by atoms with E-state index in [0.29, 0.717) is 16.4 Å². The van der Waals surface area contributed by atoms with E-state index in [1.54, 1.807) is 18.2 Å². The van der Waals surface area contributed by atoms with E-state index in [-0.39, 0.29) is 0 Å². The highest BCUT2D eigenvalue weighted by molar-refractivity contribution is 6.34. The minimum Gasteiger partial charge on any atom is -0.266 e. The van der Waals surface area contributed by atoms with Gasteiger partial charge in [-0.1, -0.05) is 22.8 Å². The molecule has 13 heavy (non-hydrogen) atoms. The van der Waals surface area contributed by atoms with E-state index < -0.39 is 0 Å². The Morgan fingerprint density at radius 1 is 1.54 bits per heavy atom. The van der Waals surface area contributed by atoms with Gasteiger partial charge in [-0.2, -0.15) is 5.10 Å². The Kier molecular flexibility index (Phi) is 1.81. The molecule has 0 aliphatic heterocycles. The third-order valence-electron chi connectivity index (χ3n) is 1.65. The Morgan fingerprint density at radius 3 is 3.15 bits per heavy atom. The molecule has 2 rings (SSSR count). The van der Waals surface area contributed by atoms with Crippen molar-refractivity contribution in [2.45, 2.75) is 0 Å². The molecule has 5 nitrogen and oxygen atoms in total. The second-order valence-electron chi connectivity index (χ2n) is 2.43. The Labute approximate surface area is 77.9 Å². The summed E-state index contributed by atoms with van der Waals surface area (Å²) >= 11 is 5.78. The van der Waals surface area contributed by atoms with Crippen molar-refractivity contribution in [3.8, 4) is 0 Å². The molecule has 6 heteroatoms. The number of hydrogen-bond donors (Lipinski definition) is 1. The van der Waals surface area contributed by atoms with Crippen molar-refractivity contribution in [1.82, 2.24) is 10.2 Å². The molecule has 1 heterocycles. The van der Waals surface area contributed by atoms with Crippen LogP contribution >= 0.6 is 11.6 Å². The van der Waals surface area contributed by atoms with E-state index >= 15 is 0 Å². The van der Waals surface area contributed by atoms with Gasteiger partial charge in [0.15, 0.2) is 0 Å². The fraction of sp³-hybridized carbons (Fsp3) is 0. The third-order valence-corrected chi connectivity index (χ3v) is 1.94. The van der Waals surface area contributed by atoms with E-state index in [1.807, 2.05) is 0 Å². The molecule has 0 aliphatic rings. The lowest BCUT2D eigenvalue weighted by Crippen LogP contribution is -1.67. The minimum atomic E-state index is 0.488. The van der Waals surface area contributed by atoms with E-state index in [1.165, 1.54) is 0 Å². The SMILES string of the molecule is [N-]=[N+]=Nc1ccc2c(Cl)[nH]nc2c1. The summed E-state index contributed by atoms with van der Waals surface area (Å²) in [5.74, 6) is 0. The van der Waals surface area contributed by atoms with Gasteiger partial charge in [-0.3, -0.25) is 5.10 Å². The van der Waals surface area contributed by atoms with Gasteiger partial charge >= 0.3 is 0 Å². The zero-order valence-corrected chi connectivity index (χ0v) is 7.15. The van der Waals surface area contributed by atoms with Crippen LogP contribution in [-0.2, 0) is 0 Å². The Morgan fingerprint density at radius 2 is 2.38 bits per heavy atom. The summed E-state index contributed by atoms with van der Waals surface area (Å²) in [5, 5.41) is 11.3. The van der Waals surface area contributed by atoms with E-state index in [0.717, 1.165) is 5.39 Å². The average molecular weight is 194 g/mol. The lowest BCUT2D eigenvalue weighted by molar-refractivity contribution is 1.12. The number of rotatable bonds is 1. The fourth-order valence-corrected chi connectivity index (χ4v) is 1.28. The third kappa shape index (κ3) is 1.30. The number of hydrogen-bond acceptors (Lipinski definition) is 2. The van der Waals surface area contributed by atoms with Gasteiger partial charge in [-0.05, 0) is 17.7 Å². The van der Waals surface area contributed by atoms with Gasteiger partial charge in [-0.25, -0.2) is 0 Å². The number of fused-ring (bicyclic) bond motifs is 1. The molecular weight excluding hydrogens is 190 g/mol. The number of benzene rings is 1. The first-order chi connectivity index (χ1) is 6.31. The van der Waals surface area contributed by atoms with E-state index in [2.05, 4.69) is 20.2 Å². The molecule has 64 valence electrons. The quantitative estimate of drug-likeness (QED) is 0.421. The van der Waals surface area contributed by atoms with Crippen LogP contribution in [0.15, 0.2) is 23.3 Å². The van der Waals surface area contributed by atoms with Crippen LogP contribution in [0.5, 0.6) is 0 Å². The molecule has 0 radical (unpaired) electrons. The molecule has 0 aliphatic carbocycles. The van der Waals surface area contributed by atoms with Gasteiger partial charge in [0.1, 0.15) is 5.15 Å². The minimum absolute atomic E-state index is 0.488. The molecule has 0 atom stereocenters. The molecule has 1 aromatic heterocycles. The largest absolute Gasteiger partial charge is 0.266 e. The van der Waals surface area contributed by atoms with E-state index in [4.69, 9.17) is 17.1 Å². The van der Waals surface area contributed by atoms with Crippen molar-refractivity contribution >= 4 is 28.2 Å². The van der Waals surface area contributed by atoms with Crippen LogP contribution in [0.2, 0.25) is 5.15 Å². The maximum Gasteiger partial charge on any atom is 0.132 e. The van der Waals surface area contributed by atoms with Crippen molar-refractivity contribution in [3.63, 3.8) is 0 Å². The zero-order chi connectivity index (χ0) is 9.26. The number of azide groups is 1. The predicted molar refractivity (Wildman–Crippen MR) is 49.9 cm³/mol. The predicted octanol–water partition coefficient (Wildman–Crippen LogP) is 3.16. The zero-order valence-electron chi connectivity index (χ0n) is 6.40. The number of aromatic nitrogens is 2. The van der Waals surface area contributed by atoms with Crippen molar-refractivity contribution < 1.29 is 0 Å². The highest BCUT2D eigenvalue weighted by Crippen LogP contribution is 2.24. The van der Waals surface area contributed by atoms with Crippen LogP contribution in [0.3, 0.4) is 0 Å².